The van der Waals surface area contributed by atoms with E-state index in [0.717, 1.165) is 4.90 Å². The number of nitrogens with two attached hydrogens (primary N) is 1. The Morgan fingerprint density at radius 3 is 2.75 bits per heavy atom. The Morgan fingerprint density at radius 2 is 2.19 bits per heavy atom. The van der Waals surface area contributed by atoms with Gasteiger partial charge in [-0.2, -0.15) is 0 Å². The molecule has 0 spiro atoms. The Balaban J connectivity index is 2.57. The lowest BCUT2D eigenvalue weighted by molar-refractivity contribution is -0.147. The number of primary amides is 1. The van der Waals surface area contributed by atoms with Crippen molar-refractivity contribution >= 4 is 17.9 Å². The van der Waals surface area contributed by atoms with Gasteiger partial charge in [0.25, 0.3) is 0 Å². The van der Waals surface area contributed by atoms with Crippen molar-refractivity contribution in [2.45, 2.75) is 6.04 Å². The number of carbonyl (C=O) groups excluding carboxylic acids is 2. The number of aliphatic carboxylic acids is 1. The van der Waals surface area contributed by atoms with Crippen molar-refractivity contribution < 1.29 is 24.2 Å². The van der Waals surface area contributed by atoms with Crippen LogP contribution in [0.2, 0.25) is 0 Å². The zero-order valence-corrected chi connectivity index (χ0v) is 8.51. The second-order valence-corrected chi connectivity index (χ2v) is 3.25. The van der Waals surface area contributed by atoms with Crippen LogP contribution in [0.1, 0.15) is 0 Å². The molecule has 90 valence electrons. The number of carbonyl (C=O) groups is 3. The number of ether oxygens (including phenoxy) is 1. The maximum atomic E-state index is 11.5. The summed E-state index contributed by atoms with van der Waals surface area (Å²) in [5.41, 5.74) is 4.85. The Hall–Kier alpha value is -1.83. The van der Waals surface area contributed by atoms with E-state index in [1.165, 1.54) is 0 Å². The number of morpholine rings is 1. The van der Waals surface area contributed by atoms with E-state index < -0.39 is 23.9 Å². The summed E-state index contributed by atoms with van der Waals surface area (Å²) in [6.07, 6.45) is 0. The standard InChI is InChI=1S/C8H13N3O5/c9-6(12)3-10-8(15)11-1-2-16-4-5(11)7(13)14/h5H,1-4H2,(H2,9,12)(H,10,15)(H,13,14). The van der Waals surface area contributed by atoms with Gasteiger partial charge in [-0.25, -0.2) is 9.59 Å². The second-order valence-electron chi connectivity index (χ2n) is 3.25. The molecule has 0 bridgehead atoms. The highest BCUT2D eigenvalue weighted by molar-refractivity contribution is 5.86. The first-order chi connectivity index (χ1) is 7.52. The van der Waals surface area contributed by atoms with E-state index in [0.29, 0.717) is 0 Å². The van der Waals surface area contributed by atoms with Crippen molar-refractivity contribution in [3.63, 3.8) is 0 Å². The molecule has 8 heteroatoms. The Morgan fingerprint density at radius 1 is 1.50 bits per heavy atom. The van der Waals surface area contributed by atoms with Gasteiger partial charge in [0.05, 0.1) is 19.8 Å². The summed E-state index contributed by atoms with van der Waals surface area (Å²) in [6, 6.07) is -1.66. The second kappa shape index (κ2) is 5.31. The van der Waals surface area contributed by atoms with E-state index in [2.05, 4.69) is 5.32 Å². The van der Waals surface area contributed by atoms with Gasteiger partial charge in [0.15, 0.2) is 6.04 Å². The summed E-state index contributed by atoms with van der Waals surface area (Å²) < 4.78 is 4.96. The third-order valence-corrected chi connectivity index (χ3v) is 2.09. The topological polar surface area (TPSA) is 122 Å². The lowest BCUT2D eigenvalue weighted by Gasteiger charge is -2.32. The maximum absolute atomic E-state index is 11.5. The van der Waals surface area contributed by atoms with Crippen LogP contribution in [0.4, 0.5) is 4.79 Å². The molecule has 1 aliphatic heterocycles. The smallest absolute Gasteiger partial charge is 0.328 e. The van der Waals surface area contributed by atoms with E-state index in [4.69, 9.17) is 15.6 Å². The van der Waals surface area contributed by atoms with Crippen molar-refractivity contribution in [1.29, 1.82) is 0 Å². The van der Waals surface area contributed by atoms with Crippen LogP contribution in [0.3, 0.4) is 0 Å². The molecule has 1 rings (SSSR count). The van der Waals surface area contributed by atoms with Gasteiger partial charge < -0.3 is 25.8 Å². The molecular formula is C8H13N3O5. The number of nitrogens with zero attached hydrogens (tertiary/aromatic N) is 1. The molecule has 1 atom stereocenters. The molecule has 1 heterocycles. The largest absolute Gasteiger partial charge is 0.480 e. The Kier molecular flexibility index (Phi) is 4.06. The van der Waals surface area contributed by atoms with Crippen LogP contribution in [-0.2, 0) is 14.3 Å². The fraction of sp³-hybridized carbons (Fsp3) is 0.625. The number of hydrogen-bond donors (Lipinski definition) is 3. The molecule has 0 aliphatic carbocycles. The van der Waals surface area contributed by atoms with E-state index in [-0.39, 0.29) is 26.3 Å². The third-order valence-electron chi connectivity index (χ3n) is 2.09. The SMILES string of the molecule is NC(=O)CNC(=O)N1CCOCC1C(=O)O. The maximum Gasteiger partial charge on any atom is 0.328 e. The molecule has 8 nitrogen and oxygen atoms in total. The summed E-state index contributed by atoms with van der Waals surface area (Å²) in [4.78, 5) is 33.9. The minimum atomic E-state index is -1.14. The van der Waals surface area contributed by atoms with Gasteiger partial charge >= 0.3 is 12.0 Å². The number of rotatable bonds is 3. The number of carboxylic acid groups (broad SMARTS) is 1. The highest BCUT2D eigenvalue weighted by Crippen LogP contribution is 2.07. The minimum absolute atomic E-state index is 0.0562. The highest BCUT2D eigenvalue weighted by atomic mass is 16.5. The van der Waals surface area contributed by atoms with Crippen LogP contribution < -0.4 is 11.1 Å². The van der Waals surface area contributed by atoms with Crippen LogP contribution in [0.15, 0.2) is 0 Å². The van der Waals surface area contributed by atoms with Crippen LogP contribution >= 0.6 is 0 Å². The summed E-state index contributed by atoms with van der Waals surface area (Å²) in [5, 5.41) is 11.1. The summed E-state index contributed by atoms with van der Waals surface area (Å²) in [6.45, 7) is 0.0667. The molecule has 1 saturated heterocycles. The number of hydrogen-bond acceptors (Lipinski definition) is 4. The van der Waals surface area contributed by atoms with E-state index in [1.807, 2.05) is 0 Å². The predicted octanol–water partition coefficient (Wildman–Crippen LogP) is -2.03. The highest BCUT2D eigenvalue weighted by Gasteiger charge is 2.32. The van der Waals surface area contributed by atoms with Gasteiger partial charge in [0.2, 0.25) is 5.91 Å². The number of amides is 3. The van der Waals surface area contributed by atoms with Gasteiger partial charge in [-0.05, 0) is 0 Å². The van der Waals surface area contributed by atoms with Gasteiger partial charge in [0, 0.05) is 6.54 Å². The lowest BCUT2D eigenvalue weighted by atomic mass is 10.2. The quantitative estimate of drug-likeness (QED) is 0.517. The van der Waals surface area contributed by atoms with Gasteiger partial charge in [0.1, 0.15) is 0 Å². The first-order valence-corrected chi connectivity index (χ1v) is 4.65. The zero-order valence-electron chi connectivity index (χ0n) is 8.51. The summed E-state index contributed by atoms with van der Waals surface area (Å²) in [7, 11) is 0. The van der Waals surface area contributed by atoms with Crippen molar-refractivity contribution in [1.82, 2.24) is 10.2 Å². The van der Waals surface area contributed by atoms with E-state index in [1.54, 1.807) is 0 Å². The average Bonchev–Trinajstić information content (AvgIpc) is 2.25. The Labute approximate surface area is 91.3 Å². The number of urea groups is 1. The van der Waals surface area contributed by atoms with Gasteiger partial charge in [-0.3, -0.25) is 4.79 Å². The van der Waals surface area contributed by atoms with Crippen LogP contribution in [0.25, 0.3) is 0 Å². The van der Waals surface area contributed by atoms with Gasteiger partial charge in [-0.15, -0.1) is 0 Å². The normalized spacial score (nSPS) is 20.2. The Bertz CT molecular complexity index is 306. The molecule has 4 N–H and O–H groups in total. The van der Waals surface area contributed by atoms with Crippen molar-refractivity contribution in [3.8, 4) is 0 Å². The van der Waals surface area contributed by atoms with Crippen molar-refractivity contribution in [2.75, 3.05) is 26.3 Å². The molecule has 1 unspecified atom stereocenters. The third kappa shape index (κ3) is 3.09. The fourth-order valence-electron chi connectivity index (χ4n) is 1.32. The molecule has 0 aromatic heterocycles. The molecular weight excluding hydrogens is 218 g/mol. The van der Waals surface area contributed by atoms with Crippen molar-refractivity contribution in [2.24, 2.45) is 5.73 Å². The molecule has 0 aromatic carbocycles. The van der Waals surface area contributed by atoms with Crippen LogP contribution in [0, 0.1) is 0 Å². The molecule has 1 fully saturated rings. The van der Waals surface area contributed by atoms with Crippen LogP contribution in [0.5, 0.6) is 0 Å². The first kappa shape index (κ1) is 12.2. The first-order valence-electron chi connectivity index (χ1n) is 4.65. The van der Waals surface area contributed by atoms with Crippen molar-refractivity contribution in [3.05, 3.63) is 0 Å². The van der Waals surface area contributed by atoms with Gasteiger partial charge in [-0.1, -0.05) is 0 Å². The minimum Gasteiger partial charge on any atom is -0.480 e. The molecule has 1 aliphatic rings. The van der Waals surface area contributed by atoms with E-state index in [9.17, 15) is 14.4 Å². The summed E-state index contributed by atoms with van der Waals surface area (Å²) >= 11 is 0. The molecule has 0 radical (unpaired) electrons. The number of carboxylic acids is 1. The molecule has 16 heavy (non-hydrogen) atoms. The molecule has 0 saturated carbocycles. The average molecular weight is 231 g/mol. The lowest BCUT2D eigenvalue weighted by Crippen LogP contribution is -2.56. The van der Waals surface area contributed by atoms with Crippen LogP contribution in [-0.4, -0.2) is 60.3 Å². The predicted molar refractivity (Wildman–Crippen MR) is 51.5 cm³/mol. The summed E-state index contributed by atoms with van der Waals surface area (Å²) in [5.74, 6) is -1.83. The molecule has 0 aromatic rings. The fourth-order valence-corrected chi connectivity index (χ4v) is 1.32. The van der Waals surface area contributed by atoms with E-state index >= 15 is 0 Å². The number of nitrogens with one attached hydrogen (secondary N) is 1. The monoisotopic (exact) mass is 231 g/mol. The molecule has 3 amide bonds. The zero-order chi connectivity index (χ0) is 12.1.